The van der Waals surface area contributed by atoms with E-state index in [9.17, 15) is 13.2 Å². The Balaban J connectivity index is 1.83. The van der Waals surface area contributed by atoms with Crippen LogP contribution in [0.3, 0.4) is 0 Å². The number of carbonyl (C=O) groups excluding carboxylic acids is 1. The smallest absolute Gasteiger partial charge is 0.268 e. The van der Waals surface area contributed by atoms with Crippen molar-refractivity contribution in [2.45, 2.75) is 38.0 Å². The first-order valence-electron chi connectivity index (χ1n) is 10.9. The quantitative estimate of drug-likeness (QED) is 0.418. The van der Waals surface area contributed by atoms with Crippen LogP contribution in [0.4, 0.5) is 5.69 Å². The summed E-state index contributed by atoms with van der Waals surface area (Å²) in [6.07, 6.45) is 5.76. The van der Waals surface area contributed by atoms with Crippen LogP contribution in [0.1, 0.15) is 40.9 Å². The fourth-order valence-electron chi connectivity index (χ4n) is 4.68. The molecule has 3 heterocycles. The van der Waals surface area contributed by atoms with Crippen molar-refractivity contribution in [2.24, 2.45) is 0 Å². The summed E-state index contributed by atoms with van der Waals surface area (Å²) >= 11 is 0. The summed E-state index contributed by atoms with van der Waals surface area (Å²) in [5.74, 6) is 0. The molecule has 0 N–H and O–H groups in total. The molecule has 1 fully saturated rings. The summed E-state index contributed by atoms with van der Waals surface area (Å²) in [6, 6.07) is 12.8. The number of aryl methyl sites for hydroxylation is 2. The van der Waals surface area contributed by atoms with E-state index in [0.29, 0.717) is 22.3 Å². The van der Waals surface area contributed by atoms with E-state index in [-0.39, 0.29) is 4.90 Å². The third-order valence-electron chi connectivity index (χ3n) is 6.42. The summed E-state index contributed by atoms with van der Waals surface area (Å²) in [5, 5.41) is 1.58. The molecule has 164 valence electrons. The Hall–Kier alpha value is -3.19. The first-order chi connectivity index (χ1) is 15.4. The Kier molecular flexibility index (Phi) is 5.01. The lowest BCUT2D eigenvalue weighted by Crippen LogP contribution is -2.29. The Labute approximate surface area is 187 Å². The topological polar surface area (TPSA) is 72.3 Å². The average Bonchev–Trinajstić information content (AvgIpc) is 3.15. The molecule has 0 spiro atoms. The highest BCUT2D eigenvalue weighted by atomic mass is 32.2. The normalized spacial score (nSPS) is 14.9. The largest absolute Gasteiger partial charge is 0.372 e. The van der Waals surface area contributed by atoms with Gasteiger partial charge in [-0.15, -0.1) is 0 Å². The van der Waals surface area contributed by atoms with E-state index in [1.165, 1.54) is 16.6 Å². The molecule has 0 saturated carbocycles. The Bertz CT molecular complexity index is 1450. The van der Waals surface area contributed by atoms with Crippen molar-refractivity contribution in [1.82, 2.24) is 8.96 Å². The Morgan fingerprint density at radius 2 is 1.66 bits per heavy atom. The fraction of sp³-hybridized carbons (Fsp3) is 0.280. The molecule has 1 aliphatic rings. The Morgan fingerprint density at radius 1 is 0.938 bits per heavy atom. The van der Waals surface area contributed by atoms with Gasteiger partial charge in [0, 0.05) is 29.5 Å². The molecule has 7 heteroatoms. The molecule has 0 bridgehead atoms. The first kappa shape index (κ1) is 20.7. The number of piperidine rings is 1. The second-order valence-corrected chi connectivity index (χ2v) is 10.3. The van der Waals surface area contributed by atoms with Gasteiger partial charge >= 0.3 is 0 Å². The maximum Gasteiger partial charge on any atom is 0.268 e. The number of fused-ring (bicyclic) bond motifs is 3. The molecule has 0 amide bonds. The molecule has 0 radical (unpaired) electrons. The van der Waals surface area contributed by atoms with E-state index in [2.05, 4.69) is 16.0 Å². The third-order valence-corrected chi connectivity index (χ3v) is 8.16. The van der Waals surface area contributed by atoms with Gasteiger partial charge in [-0.05, 0) is 69.0 Å². The number of nitrogens with zero attached hydrogens (tertiary/aromatic N) is 3. The van der Waals surface area contributed by atoms with E-state index in [4.69, 9.17) is 0 Å². The lowest BCUT2D eigenvalue weighted by atomic mass is 10.1. The molecule has 0 atom stereocenters. The van der Waals surface area contributed by atoms with Crippen molar-refractivity contribution in [3.8, 4) is 0 Å². The van der Waals surface area contributed by atoms with Gasteiger partial charge in [0.2, 0.25) is 0 Å². The molecule has 4 aromatic rings. The van der Waals surface area contributed by atoms with Crippen LogP contribution < -0.4 is 4.90 Å². The van der Waals surface area contributed by atoms with E-state index in [1.807, 2.05) is 26.0 Å². The third kappa shape index (κ3) is 3.19. The summed E-state index contributed by atoms with van der Waals surface area (Å²) in [5.41, 5.74) is 4.16. The number of hydrogen-bond acceptors (Lipinski definition) is 5. The first-order valence-corrected chi connectivity index (χ1v) is 12.3. The summed E-state index contributed by atoms with van der Waals surface area (Å²) < 4.78 is 28.9. The van der Waals surface area contributed by atoms with Crippen molar-refractivity contribution in [2.75, 3.05) is 18.0 Å². The molecule has 2 aromatic heterocycles. The predicted octanol–water partition coefficient (Wildman–Crippen LogP) is 4.85. The number of hydrogen-bond donors (Lipinski definition) is 0. The molecule has 5 rings (SSSR count). The number of anilines is 1. The zero-order valence-electron chi connectivity index (χ0n) is 18.2. The summed E-state index contributed by atoms with van der Waals surface area (Å²) in [4.78, 5) is 18.4. The second kappa shape index (κ2) is 7.74. The minimum absolute atomic E-state index is 0.221. The number of aromatic nitrogens is 2. The van der Waals surface area contributed by atoms with Gasteiger partial charge in [-0.1, -0.05) is 17.7 Å². The minimum Gasteiger partial charge on any atom is -0.372 e. The van der Waals surface area contributed by atoms with Gasteiger partial charge in [0.05, 0.1) is 22.1 Å². The molecule has 1 aliphatic heterocycles. The number of benzene rings is 2. The van der Waals surface area contributed by atoms with Crippen molar-refractivity contribution < 1.29 is 13.2 Å². The van der Waals surface area contributed by atoms with Crippen LogP contribution in [0, 0.1) is 13.8 Å². The van der Waals surface area contributed by atoms with Crippen LogP contribution in [0.5, 0.6) is 0 Å². The van der Waals surface area contributed by atoms with Crippen LogP contribution in [-0.2, 0) is 10.0 Å². The average molecular weight is 448 g/mol. The maximum absolute atomic E-state index is 13.7. The lowest BCUT2D eigenvalue weighted by molar-refractivity contribution is 0.111. The van der Waals surface area contributed by atoms with Gasteiger partial charge < -0.3 is 4.90 Å². The van der Waals surface area contributed by atoms with Crippen LogP contribution in [0.2, 0.25) is 0 Å². The number of aldehydes is 1. The molecule has 2 aromatic carbocycles. The highest BCUT2D eigenvalue weighted by molar-refractivity contribution is 7.90. The van der Waals surface area contributed by atoms with Crippen LogP contribution in [0.15, 0.2) is 53.6 Å². The monoisotopic (exact) mass is 447 g/mol. The molecule has 32 heavy (non-hydrogen) atoms. The van der Waals surface area contributed by atoms with Crippen LogP contribution in [0.25, 0.3) is 21.8 Å². The van der Waals surface area contributed by atoms with Crippen molar-refractivity contribution in [1.29, 1.82) is 0 Å². The summed E-state index contributed by atoms with van der Waals surface area (Å²) in [6.45, 7) is 5.74. The van der Waals surface area contributed by atoms with Crippen molar-refractivity contribution in [3.63, 3.8) is 0 Å². The SMILES string of the molecule is Cc1ccc(S(=O)(=O)n2c3ccc(N4CCCCC4)cc3c3c(C)c(C=O)ncc32)cc1. The predicted molar refractivity (Wildman–Crippen MR) is 127 cm³/mol. The molecule has 0 aliphatic carbocycles. The minimum atomic E-state index is -3.86. The molecule has 1 saturated heterocycles. The number of carbonyl (C=O) groups is 1. The van der Waals surface area contributed by atoms with Gasteiger partial charge in [-0.3, -0.25) is 9.78 Å². The van der Waals surface area contributed by atoms with Crippen molar-refractivity contribution in [3.05, 3.63) is 65.5 Å². The van der Waals surface area contributed by atoms with E-state index < -0.39 is 10.0 Å². The molecule has 6 nitrogen and oxygen atoms in total. The standard InChI is InChI=1S/C25H25N3O3S/c1-17-6-9-20(10-7-17)32(30,31)28-23-11-8-19(27-12-4-3-5-13-27)14-21(23)25-18(2)22(16-29)26-15-24(25)28/h6-11,14-16H,3-5,12-13H2,1-2H3. The van der Waals surface area contributed by atoms with Crippen LogP contribution in [-0.4, -0.2) is 36.7 Å². The lowest BCUT2D eigenvalue weighted by Gasteiger charge is -2.28. The van der Waals surface area contributed by atoms with Crippen LogP contribution >= 0.6 is 0 Å². The van der Waals surface area contributed by atoms with Gasteiger partial charge in [0.25, 0.3) is 10.0 Å². The van der Waals surface area contributed by atoms with Gasteiger partial charge in [-0.25, -0.2) is 12.4 Å². The zero-order valence-corrected chi connectivity index (χ0v) is 19.0. The van der Waals surface area contributed by atoms with E-state index in [1.54, 1.807) is 24.3 Å². The van der Waals surface area contributed by atoms with E-state index in [0.717, 1.165) is 54.2 Å². The van der Waals surface area contributed by atoms with Gasteiger partial charge in [0.15, 0.2) is 6.29 Å². The second-order valence-electron chi connectivity index (χ2n) is 8.48. The van der Waals surface area contributed by atoms with Crippen molar-refractivity contribution >= 4 is 43.8 Å². The zero-order chi connectivity index (χ0) is 22.5. The molecule has 0 unspecified atom stereocenters. The molecular formula is C25H25N3O3S. The van der Waals surface area contributed by atoms with E-state index >= 15 is 0 Å². The maximum atomic E-state index is 13.7. The number of rotatable bonds is 4. The summed E-state index contributed by atoms with van der Waals surface area (Å²) in [7, 11) is -3.86. The fourth-order valence-corrected chi connectivity index (χ4v) is 6.19. The Morgan fingerprint density at radius 3 is 2.34 bits per heavy atom. The highest BCUT2D eigenvalue weighted by Gasteiger charge is 2.26. The molecular weight excluding hydrogens is 422 g/mol. The highest BCUT2D eigenvalue weighted by Crippen LogP contribution is 2.37. The van der Waals surface area contributed by atoms with Gasteiger partial charge in [-0.2, -0.15) is 0 Å². The number of pyridine rings is 1. The van der Waals surface area contributed by atoms with Gasteiger partial charge in [0.1, 0.15) is 5.69 Å².